The Morgan fingerprint density at radius 1 is 0.673 bits per heavy atom. The molecule has 0 amide bonds. The van der Waals surface area contributed by atoms with E-state index in [1.807, 2.05) is 74.5 Å². The molecule has 8 heteroatoms. The molecule has 3 aromatic rings. The highest BCUT2D eigenvalue weighted by Gasteiger charge is 2.46. The van der Waals surface area contributed by atoms with Gasteiger partial charge >= 0.3 is 0 Å². The molecular formula is C41H46ClNO6. The van der Waals surface area contributed by atoms with Crippen molar-refractivity contribution in [2.45, 2.75) is 86.4 Å². The van der Waals surface area contributed by atoms with Gasteiger partial charge in [0, 0.05) is 41.3 Å². The van der Waals surface area contributed by atoms with Crippen molar-refractivity contribution in [2.75, 3.05) is 13.2 Å². The summed E-state index contributed by atoms with van der Waals surface area (Å²) in [5.74, 6) is 1.74. The number of ketones is 2. The number of ether oxygens (including phenoxy) is 4. The third kappa shape index (κ3) is 7.52. The monoisotopic (exact) mass is 683 g/mol. The first-order valence-corrected chi connectivity index (χ1v) is 17.6. The van der Waals surface area contributed by atoms with Gasteiger partial charge in [-0.25, -0.2) is 0 Å². The average Bonchev–Trinajstić information content (AvgIpc) is 3.02. The Morgan fingerprint density at radius 2 is 1.27 bits per heavy atom. The normalized spacial score (nSPS) is 18.4. The van der Waals surface area contributed by atoms with Crippen LogP contribution in [0.1, 0.15) is 89.8 Å². The molecule has 0 spiro atoms. The van der Waals surface area contributed by atoms with E-state index in [9.17, 15) is 9.59 Å². The lowest BCUT2D eigenvalue weighted by atomic mass is 9.64. The maximum atomic E-state index is 13.8. The van der Waals surface area contributed by atoms with E-state index in [2.05, 4.69) is 33.0 Å². The third-order valence-electron chi connectivity index (χ3n) is 9.31. The van der Waals surface area contributed by atoms with Gasteiger partial charge in [0.15, 0.2) is 34.6 Å². The van der Waals surface area contributed by atoms with E-state index in [1.54, 1.807) is 0 Å². The lowest BCUT2D eigenvalue weighted by Crippen LogP contribution is -2.42. The summed E-state index contributed by atoms with van der Waals surface area (Å²) >= 11 is 7.01. The molecule has 3 aliphatic rings. The Balaban J connectivity index is 1.31. The van der Waals surface area contributed by atoms with Crippen LogP contribution in [0, 0.1) is 10.8 Å². The van der Waals surface area contributed by atoms with Crippen molar-refractivity contribution in [2.24, 2.45) is 10.8 Å². The summed E-state index contributed by atoms with van der Waals surface area (Å²) < 4.78 is 24.4. The average molecular weight is 684 g/mol. The summed E-state index contributed by atoms with van der Waals surface area (Å²) in [6.07, 6.45) is 2.28. The summed E-state index contributed by atoms with van der Waals surface area (Å²) in [7, 11) is 0. The van der Waals surface area contributed by atoms with E-state index in [0.29, 0.717) is 71.8 Å². The number of benzene rings is 3. The fraction of sp³-hybridized carbons (Fsp3) is 0.415. The molecule has 6 rings (SSSR count). The van der Waals surface area contributed by atoms with Gasteiger partial charge in [0.25, 0.3) is 0 Å². The van der Waals surface area contributed by atoms with Crippen molar-refractivity contribution < 1.29 is 28.5 Å². The Kier molecular flexibility index (Phi) is 9.86. The number of halogens is 1. The number of allylic oxidation sites excluding steroid dienone is 4. The van der Waals surface area contributed by atoms with E-state index in [4.69, 9.17) is 30.5 Å². The molecule has 0 aromatic heterocycles. The van der Waals surface area contributed by atoms with Gasteiger partial charge in [-0.05, 0) is 78.5 Å². The zero-order valence-corrected chi connectivity index (χ0v) is 30.1. The van der Waals surface area contributed by atoms with Crippen molar-refractivity contribution in [3.63, 3.8) is 0 Å². The zero-order valence-electron chi connectivity index (χ0n) is 29.3. The van der Waals surface area contributed by atoms with Crippen LogP contribution in [0.4, 0.5) is 0 Å². The van der Waals surface area contributed by atoms with E-state index in [1.165, 1.54) is 0 Å². The maximum Gasteiger partial charge on any atom is 0.180 e. The summed E-state index contributed by atoms with van der Waals surface area (Å²) in [6, 6.07) is 19.4. The molecule has 49 heavy (non-hydrogen) atoms. The molecule has 0 bridgehead atoms. The molecule has 0 unspecified atom stereocenters. The van der Waals surface area contributed by atoms with Gasteiger partial charge in [-0.1, -0.05) is 75.7 Å². The first-order chi connectivity index (χ1) is 23.4. The smallest absolute Gasteiger partial charge is 0.180 e. The molecule has 1 aliphatic heterocycles. The Labute approximate surface area is 294 Å². The molecule has 7 nitrogen and oxygen atoms in total. The molecule has 1 heterocycles. The highest BCUT2D eigenvalue weighted by atomic mass is 35.5. The van der Waals surface area contributed by atoms with Crippen molar-refractivity contribution in [3.05, 3.63) is 105 Å². The fourth-order valence-corrected chi connectivity index (χ4v) is 7.57. The van der Waals surface area contributed by atoms with Gasteiger partial charge in [-0.2, -0.15) is 0 Å². The lowest BCUT2D eigenvalue weighted by Gasteiger charge is -2.44. The topological polar surface area (TPSA) is 83.1 Å². The number of carbonyl (C=O) groups excluding carboxylic acids is 2. The van der Waals surface area contributed by atoms with Crippen LogP contribution in [-0.2, 0) is 22.8 Å². The molecule has 0 saturated carbocycles. The Hall–Kier alpha value is -4.23. The van der Waals surface area contributed by atoms with E-state index < -0.39 is 5.92 Å². The van der Waals surface area contributed by atoms with Crippen LogP contribution < -0.4 is 24.3 Å². The summed E-state index contributed by atoms with van der Waals surface area (Å²) in [6.45, 7) is 13.8. The number of rotatable bonds is 11. The minimum Gasteiger partial charge on any atom is -0.490 e. The summed E-state index contributed by atoms with van der Waals surface area (Å²) in [5, 5.41) is 3.93. The molecule has 1 N–H and O–H groups in total. The number of Topliss-reactive ketones (excluding diaryl/α,β-unsaturated/α-hetero) is 2. The second kappa shape index (κ2) is 13.9. The van der Waals surface area contributed by atoms with Crippen LogP contribution in [-0.4, -0.2) is 24.8 Å². The van der Waals surface area contributed by atoms with Crippen LogP contribution in [0.3, 0.4) is 0 Å². The van der Waals surface area contributed by atoms with Crippen molar-refractivity contribution in [3.8, 4) is 23.0 Å². The van der Waals surface area contributed by atoms with Crippen molar-refractivity contribution in [1.82, 2.24) is 5.32 Å². The lowest BCUT2D eigenvalue weighted by molar-refractivity contribution is -0.119. The molecule has 3 aromatic carbocycles. The van der Waals surface area contributed by atoms with Crippen LogP contribution in [0.25, 0.3) is 0 Å². The van der Waals surface area contributed by atoms with E-state index in [0.717, 1.165) is 40.9 Å². The SMILES string of the molecule is CCOc1cc(COc2c(Cl)cc(C3C4=C(CC(C)(C)CC4=O)NC4=C3C(=O)CC(C)(C)C4)cc2OCC)ccc1OCc1ccccc1. The molecule has 0 saturated heterocycles. The van der Waals surface area contributed by atoms with Crippen LogP contribution in [0.2, 0.25) is 5.02 Å². The third-order valence-corrected chi connectivity index (χ3v) is 9.59. The van der Waals surface area contributed by atoms with Crippen LogP contribution in [0.5, 0.6) is 23.0 Å². The van der Waals surface area contributed by atoms with Gasteiger partial charge < -0.3 is 24.3 Å². The predicted octanol–water partition coefficient (Wildman–Crippen LogP) is 9.27. The van der Waals surface area contributed by atoms with Crippen LogP contribution >= 0.6 is 11.6 Å². The largest absolute Gasteiger partial charge is 0.490 e. The van der Waals surface area contributed by atoms with Gasteiger partial charge in [0.05, 0.1) is 18.2 Å². The number of hydrogen-bond donors (Lipinski definition) is 1. The van der Waals surface area contributed by atoms with Crippen LogP contribution in [0.15, 0.2) is 83.2 Å². The maximum absolute atomic E-state index is 13.8. The minimum absolute atomic E-state index is 0.0589. The highest BCUT2D eigenvalue weighted by Crippen LogP contribution is 2.52. The van der Waals surface area contributed by atoms with Gasteiger partial charge in [-0.3, -0.25) is 9.59 Å². The van der Waals surface area contributed by atoms with Gasteiger partial charge in [0.2, 0.25) is 0 Å². The second-order valence-corrected chi connectivity index (χ2v) is 15.2. The molecule has 0 atom stereocenters. The zero-order chi connectivity index (χ0) is 34.9. The molecule has 0 radical (unpaired) electrons. The highest BCUT2D eigenvalue weighted by molar-refractivity contribution is 6.32. The van der Waals surface area contributed by atoms with E-state index >= 15 is 0 Å². The number of hydrogen-bond acceptors (Lipinski definition) is 7. The molecule has 0 fully saturated rings. The van der Waals surface area contributed by atoms with Crippen molar-refractivity contribution >= 4 is 23.2 Å². The first-order valence-electron chi connectivity index (χ1n) is 17.2. The van der Waals surface area contributed by atoms with Gasteiger partial charge in [-0.15, -0.1) is 0 Å². The molecule has 258 valence electrons. The molecule has 2 aliphatic carbocycles. The fourth-order valence-electron chi connectivity index (χ4n) is 7.30. The van der Waals surface area contributed by atoms with Gasteiger partial charge in [0.1, 0.15) is 13.2 Å². The number of carbonyl (C=O) groups is 2. The quantitative estimate of drug-likeness (QED) is 0.216. The minimum atomic E-state index is -0.526. The second-order valence-electron chi connectivity index (χ2n) is 14.8. The Bertz CT molecular complexity index is 1770. The summed E-state index contributed by atoms with van der Waals surface area (Å²) in [4.78, 5) is 27.7. The molecular weight excluding hydrogens is 638 g/mol. The van der Waals surface area contributed by atoms with E-state index in [-0.39, 0.29) is 29.0 Å². The predicted molar refractivity (Wildman–Crippen MR) is 191 cm³/mol. The number of nitrogens with one attached hydrogen (secondary N) is 1. The standard InChI is InChI=1S/C41H46ClNO6/c1-7-46-34-16-26(14-15-33(34)48-23-25-12-10-9-11-13-25)24-49-39-28(42)17-27(18-35(39)47-8-2)36-37-29(19-40(3,4)21-31(37)44)43-30-20-41(5,6)22-32(45)38(30)36/h9-18,36,43H,7-8,19-24H2,1-6H3. The Morgan fingerprint density at radius 3 is 1.88 bits per heavy atom. The first kappa shape index (κ1) is 34.6. The summed E-state index contributed by atoms with van der Waals surface area (Å²) in [5.41, 5.74) is 5.47. The number of dihydropyridines is 1. The van der Waals surface area contributed by atoms with Crippen molar-refractivity contribution in [1.29, 1.82) is 0 Å².